The summed E-state index contributed by atoms with van der Waals surface area (Å²) in [6.07, 6.45) is 3.84. The molecule has 0 atom stereocenters. The molecule has 2 aromatic rings. The van der Waals surface area contributed by atoms with E-state index < -0.39 is 21.7 Å². The Hall–Kier alpha value is -2.35. The first kappa shape index (κ1) is 18.4. The molecular formula is C18H20F2N2O3S. The van der Waals surface area contributed by atoms with Gasteiger partial charge in [-0.15, -0.1) is 0 Å². The molecule has 0 aromatic heterocycles. The van der Waals surface area contributed by atoms with Gasteiger partial charge in [-0.2, -0.15) is 0 Å². The summed E-state index contributed by atoms with van der Waals surface area (Å²) in [6, 6.07) is 6.70. The van der Waals surface area contributed by atoms with Gasteiger partial charge < -0.3 is 4.84 Å². The monoisotopic (exact) mass is 382 g/mol. The maximum Gasteiger partial charge on any atom is 0.229 e. The van der Waals surface area contributed by atoms with E-state index in [1.54, 1.807) is 13.0 Å². The summed E-state index contributed by atoms with van der Waals surface area (Å²) >= 11 is 0. The zero-order valence-corrected chi connectivity index (χ0v) is 15.4. The molecule has 0 amide bonds. The van der Waals surface area contributed by atoms with E-state index in [9.17, 15) is 17.2 Å². The van der Waals surface area contributed by atoms with E-state index in [0.717, 1.165) is 48.8 Å². The lowest BCUT2D eigenvalue weighted by Crippen LogP contribution is -2.29. The lowest BCUT2D eigenvalue weighted by molar-refractivity contribution is 0.270. The quantitative estimate of drug-likeness (QED) is 0.775. The van der Waals surface area contributed by atoms with E-state index >= 15 is 0 Å². The van der Waals surface area contributed by atoms with Crippen molar-refractivity contribution in [2.75, 3.05) is 22.6 Å². The topological polar surface area (TPSA) is 58.6 Å². The highest BCUT2D eigenvalue weighted by atomic mass is 32.2. The number of hydroxylamine groups is 1. The second-order valence-electron chi connectivity index (χ2n) is 6.23. The Morgan fingerprint density at radius 1 is 1.15 bits per heavy atom. The van der Waals surface area contributed by atoms with Crippen LogP contribution < -0.4 is 14.6 Å². The van der Waals surface area contributed by atoms with E-state index in [2.05, 4.69) is 4.72 Å². The molecule has 0 bridgehead atoms. The average molecular weight is 382 g/mol. The van der Waals surface area contributed by atoms with Crippen molar-refractivity contribution in [1.82, 2.24) is 0 Å². The number of aryl methyl sites for hydroxylation is 2. The SMILES string of the molecule is CCN(Oc1ccc(F)cc1F)c1cc2c(cc1NS(C)(=O)=O)CCC2. The minimum Gasteiger partial charge on any atom is -0.376 e. The maximum absolute atomic E-state index is 14.0. The van der Waals surface area contributed by atoms with Gasteiger partial charge in [-0.05, 0) is 61.6 Å². The van der Waals surface area contributed by atoms with E-state index in [1.165, 1.54) is 11.1 Å². The highest BCUT2D eigenvalue weighted by molar-refractivity contribution is 7.92. The molecule has 0 aliphatic heterocycles. The fraction of sp³-hybridized carbons (Fsp3) is 0.333. The van der Waals surface area contributed by atoms with Gasteiger partial charge in [0.05, 0.1) is 24.2 Å². The summed E-state index contributed by atoms with van der Waals surface area (Å²) in [4.78, 5) is 5.61. The number of hydrogen-bond donors (Lipinski definition) is 1. The minimum absolute atomic E-state index is 0.140. The molecule has 5 nitrogen and oxygen atoms in total. The first-order valence-electron chi connectivity index (χ1n) is 8.31. The van der Waals surface area contributed by atoms with E-state index in [-0.39, 0.29) is 5.75 Å². The molecule has 2 aromatic carbocycles. The highest BCUT2D eigenvalue weighted by Crippen LogP contribution is 2.35. The summed E-state index contributed by atoms with van der Waals surface area (Å²) < 4.78 is 53.0. The van der Waals surface area contributed by atoms with Crippen LogP contribution in [0.4, 0.5) is 20.2 Å². The number of nitrogens with zero attached hydrogens (tertiary/aromatic N) is 1. The number of anilines is 2. The van der Waals surface area contributed by atoms with Crippen molar-refractivity contribution in [1.29, 1.82) is 0 Å². The molecule has 1 aliphatic carbocycles. The van der Waals surface area contributed by atoms with Crippen molar-refractivity contribution in [3.63, 3.8) is 0 Å². The smallest absolute Gasteiger partial charge is 0.229 e. The molecule has 0 spiro atoms. The molecule has 0 saturated carbocycles. The Morgan fingerprint density at radius 3 is 2.46 bits per heavy atom. The van der Waals surface area contributed by atoms with Crippen LogP contribution >= 0.6 is 0 Å². The van der Waals surface area contributed by atoms with Crippen molar-refractivity contribution in [3.8, 4) is 5.75 Å². The number of benzene rings is 2. The van der Waals surface area contributed by atoms with Gasteiger partial charge in [-0.3, -0.25) is 4.72 Å². The Bertz CT molecular complexity index is 932. The summed E-state index contributed by atoms with van der Waals surface area (Å²) in [5.41, 5.74) is 3.06. The molecule has 0 unspecified atom stereocenters. The summed E-state index contributed by atoms with van der Waals surface area (Å²) in [7, 11) is -3.50. The lowest BCUT2D eigenvalue weighted by atomic mass is 10.1. The molecule has 3 rings (SSSR count). The van der Waals surface area contributed by atoms with E-state index in [4.69, 9.17) is 4.84 Å². The number of rotatable bonds is 6. The first-order valence-corrected chi connectivity index (χ1v) is 10.2. The van der Waals surface area contributed by atoms with Crippen LogP contribution in [-0.4, -0.2) is 21.2 Å². The zero-order valence-electron chi connectivity index (χ0n) is 14.6. The number of nitrogens with one attached hydrogen (secondary N) is 1. The molecule has 0 heterocycles. The third-order valence-corrected chi connectivity index (χ3v) is 4.75. The van der Waals surface area contributed by atoms with E-state index in [1.807, 2.05) is 6.07 Å². The second kappa shape index (κ2) is 7.11. The summed E-state index contributed by atoms with van der Waals surface area (Å²) in [5, 5.41) is 1.39. The van der Waals surface area contributed by atoms with Gasteiger partial charge >= 0.3 is 0 Å². The van der Waals surface area contributed by atoms with Crippen LogP contribution in [0, 0.1) is 11.6 Å². The van der Waals surface area contributed by atoms with Gasteiger partial charge in [-0.1, -0.05) is 0 Å². The molecule has 0 fully saturated rings. The third-order valence-electron chi connectivity index (χ3n) is 4.16. The average Bonchev–Trinajstić information content (AvgIpc) is 2.99. The molecule has 1 aliphatic rings. The summed E-state index contributed by atoms with van der Waals surface area (Å²) in [6.45, 7) is 2.12. The highest BCUT2D eigenvalue weighted by Gasteiger charge is 2.21. The van der Waals surface area contributed by atoms with Gasteiger partial charge in [0.1, 0.15) is 5.82 Å². The van der Waals surface area contributed by atoms with Crippen molar-refractivity contribution < 1.29 is 22.0 Å². The Labute approximate surface area is 151 Å². The standard InChI is InChI=1S/C18H20F2N2O3S/c1-3-22(25-18-8-7-14(19)11-15(18)20)17-10-13-6-4-5-12(13)9-16(17)21-26(2,23)24/h7-11,21H,3-6H2,1-2H3. The van der Waals surface area contributed by atoms with Crippen molar-refractivity contribution >= 4 is 21.4 Å². The fourth-order valence-corrected chi connectivity index (χ4v) is 3.61. The number of fused-ring (bicyclic) bond motifs is 1. The lowest BCUT2D eigenvalue weighted by Gasteiger charge is -2.26. The normalized spacial score (nSPS) is 13.4. The Morgan fingerprint density at radius 2 is 1.85 bits per heavy atom. The molecule has 0 radical (unpaired) electrons. The minimum atomic E-state index is -3.50. The largest absolute Gasteiger partial charge is 0.376 e. The van der Waals surface area contributed by atoms with Crippen LogP contribution in [0.15, 0.2) is 30.3 Å². The van der Waals surface area contributed by atoms with Gasteiger partial charge in [0, 0.05) is 6.07 Å². The van der Waals surface area contributed by atoms with Crippen LogP contribution in [0.5, 0.6) is 5.75 Å². The van der Waals surface area contributed by atoms with Crippen LogP contribution in [0.2, 0.25) is 0 Å². The molecule has 1 N–H and O–H groups in total. The maximum atomic E-state index is 14.0. The van der Waals surface area contributed by atoms with Crippen LogP contribution in [0.25, 0.3) is 0 Å². The van der Waals surface area contributed by atoms with Crippen LogP contribution in [0.3, 0.4) is 0 Å². The van der Waals surface area contributed by atoms with E-state index in [0.29, 0.717) is 17.9 Å². The Kier molecular flexibility index (Phi) is 5.04. The molecule has 26 heavy (non-hydrogen) atoms. The van der Waals surface area contributed by atoms with Crippen molar-refractivity contribution in [2.45, 2.75) is 26.2 Å². The fourth-order valence-electron chi connectivity index (χ4n) is 3.05. The number of sulfonamides is 1. The van der Waals surface area contributed by atoms with Gasteiger partial charge in [0.25, 0.3) is 0 Å². The zero-order chi connectivity index (χ0) is 18.9. The predicted octanol–water partition coefficient (Wildman–Crippen LogP) is 3.65. The van der Waals surface area contributed by atoms with Crippen LogP contribution in [-0.2, 0) is 22.9 Å². The van der Waals surface area contributed by atoms with Crippen molar-refractivity contribution in [3.05, 3.63) is 53.1 Å². The second-order valence-corrected chi connectivity index (χ2v) is 7.98. The van der Waals surface area contributed by atoms with Crippen LogP contribution in [0.1, 0.15) is 24.5 Å². The number of hydrogen-bond acceptors (Lipinski definition) is 4. The van der Waals surface area contributed by atoms with Gasteiger partial charge in [-0.25, -0.2) is 22.3 Å². The molecule has 0 saturated heterocycles. The molecule has 8 heteroatoms. The first-order chi connectivity index (χ1) is 12.3. The van der Waals surface area contributed by atoms with Gasteiger partial charge in [0.15, 0.2) is 11.6 Å². The Balaban J connectivity index is 2.01. The molecule has 140 valence electrons. The van der Waals surface area contributed by atoms with Crippen molar-refractivity contribution in [2.24, 2.45) is 0 Å². The number of halogens is 2. The third kappa shape index (κ3) is 4.07. The summed E-state index contributed by atoms with van der Waals surface area (Å²) in [5.74, 6) is -1.67. The molecular weight excluding hydrogens is 362 g/mol. The predicted molar refractivity (Wildman–Crippen MR) is 96.9 cm³/mol. The van der Waals surface area contributed by atoms with Gasteiger partial charge in [0.2, 0.25) is 10.0 Å².